The maximum Gasteiger partial charge on any atom is 0.174 e. The average molecular weight is 981 g/mol. The number of aromatic nitrogens is 6. The molecule has 0 saturated carbocycles. The van der Waals surface area contributed by atoms with Gasteiger partial charge in [-0.2, -0.15) is 0 Å². The normalized spacial score (nSPS) is 14.2. The van der Waals surface area contributed by atoms with Crippen LogP contribution in [0, 0.1) is 0 Å². The Bertz CT molecular complexity index is 3970. The van der Waals surface area contributed by atoms with Crippen molar-refractivity contribution in [3.8, 4) is 89.2 Å². The first-order valence-electron chi connectivity index (χ1n) is 24.8. The summed E-state index contributed by atoms with van der Waals surface area (Å²) in [7, 11) is 0. The molecule has 0 N–H and O–H groups in total. The van der Waals surface area contributed by atoms with E-state index in [1.54, 1.807) is 22.7 Å². The van der Waals surface area contributed by atoms with Crippen LogP contribution >= 0.6 is 22.7 Å². The summed E-state index contributed by atoms with van der Waals surface area (Å²) in [6, 6.07) is 82.2. The molecule has 2 bridgehead atoms. The Hall–Kier alpha value is -9.08. The van der Waals surface area contributed by atoms with E-state index in [1.165, 1.54) is 64.7 Å². The molecule has 0 radical (unpaired) electrons. The minimum atomic E-state index is 0.128. The lowest BCUT2D eigenvalue weighted by atomic mass is 9.60. The molecule has 0 spiro atoms. The summed E-state index contributed by atoms with van der Waals surface area (Å²) in [6.45, 7) is 0. The molecule has 4 heterocycles. The van der Waals surface area contributed by atoms with Crippen LogP contribution in [0.25, 0.3) is 109 Å². The second kappa shape index (κ2) is 17.3. The van der Waals surface area contributed by atoms with E-state index in [2.05, 4.69) is 194 Å². The molecule has 16 rings (SSSR count). The van der Waals surface area contributed by atoms with Gasteiger partial charge in [-0.1, -0.05) is 194 Å². The molecule has 8 heteroatoms. The fourth-order valence-corrected chi connectivity index (χ4v) is 13.0. The predicted octanol–water partition coefficient (Wildman–Crippen LogP) is 16.8. The van der Waals surface area contributed by atoms with Gasteiger partial charge >= 0.3 is 0 Å². The van der Waals surface area contributed by atoms with Gasteiger partial charge in [-0.05, 0) is 103 Å². The zero-order valence-corrected chi connectivity index (χ0v) is 41.2. The highest BCUT2D eigenvalue weighted by molar-refractivity contribution is 7.22. The first-order chi connectivity index (χ1) is 36.6. The molecule has 0 aliphatic heterocycles. The number of benzene rings is 9. The lowest BCUT2D eigenvalue weighted by Gasteiger charge is -2.42. The van der Waals surface area contributed by atoms with E-state index in [4.69, 9.17) is 29.9 Å². The van der Waals surface area contributed by atoms with Crippen LogP contribution in [0.4, 0.5) is 0 Å². The third-order valence-corrected chi connectivity index (χ3v) is 16.8. The SMILES string of the molecule is c1ccc(-c2nc(-c3ccc(-c4ccc5c(c4)C4c6ccccc6C5c5cc(-c6ccc(-c7nc(-c8ccccc8)nc(-c8cc9ccccc9s8)n7)cc6)ccc54)cc3)nc(-c3cc4ccccc4s3)n2)cc1. The van der Waals surface area contributed by atoms with Crippen molar-refractivity contribution in [2.45, 2.75) is 11.8 Å². The van der Waals surface area contributed by atoms with Gasteiger partial charge in [0.2, 0.25) is 0 Å². The summed E-state index contributed by atoms with van der Waals surface area (Å²) in [4.78, 5) is 32.2. The molecule has 9 aromatic carbocycles. The van der Waals surface area contributed by atoms with Crippen molar-refractivity contribution in [1.82, 2.24) is 29.9 Å². The molecule has 3 aliphatic rings. The van der Waals surface area contributed by atoms with Crippen LogP contribution in [0.5, 0.6) is 0 Å². The van der Waals surface area contributed by atoms with Gasteiger partial charge in [-0.25, -0.2) is 29.9 Å². The number of rotatable bonds is 8. The maximum atomic E-state index is 5.08. The van der Waals surface area contributed by atoms with Crippen LogP contribution in [0.1, 0.15) is 45.2 Å². The largest absolute Gasteiger partial charge is 0.208 e. The summed E-state index contributed by atoms with van der Waals surface area (Å²) >= 11 is 3.41. The third-order valence-electron chi connectivity index (χ3n) is 14.6. The molecule has 4 aromatic heterocycles. The number of thiophene rings is 2. The van der Waals surface area contributed by atoms with Crippen LogP contribution < -0.4 is 0 Å². The Labute approximate surface area is 435 Å². The molecular weight excluding hydrogens is 941 g/mol. The molecule has 74 heavy (non-hydrogen) atoms. The van der Waals surface area contributed by atoms with Crippen molar-refractivity contribution in [3.63, 3.8) is 0 Å². The van der Waals surface area contributed by atoms with Gasteiger partial charge in [0.25, 0.3) is 0 Å². The van der Waals surface area contributed by atoms with Gasteiger partial charge in [0.15, 0.2) is 34.9 Å². The second-order valence-corrected chi connectivity index (χ2v) is 21.1. The fourth-order valence-electron chi connectivity index (χ4n) is 11.0. The molecular formula is C66H40N6S2. The van der Waals surface area contributed by atoms with Crippen molar-refractivity contribution in [1.29, 1.82) is 0 Å². The molecule has 0 saturated heterocycles. The van der Waals surface area contributed by atoms with E-state index < -0.39 is 0 Å². The topological polar surface area (TPSA) is 77.3 Å². The number of nitrogens with zero attached hydrogens (tertiary/aromatic N) is 6. The van der Waals surface area contributed by atoms with E-state index in [0.29, 0.717) is 34.9 Å². The highest BCUT2D eigenvalue weighted by atomic mass is 32.1. The van der Waals surface area contributed by atoms with Gasteiger partial charge in [0.1, 0.15) is 0 Å². The summed E-state index contributed by atoms with van der Waals surface area (Å²) in [5.41, 5.74) is 16.8. The lowest BCUT2D eigenvalue weighted by Crippen LogP contribution is -2.27. The molecule has 2 atom stereocenters. The Kier molecular flexibility index (Phi) is 9.96. The Morgan fingerprint density at radius 3 is 0.946 bits per heavy atom. The van der Waals surface area contributed by atoms with E-state index in [-0.39, 0.29) is 11.8 Å². The molecule has 2 unspecified atom stereocenters. The van der Waals surface area contributed by atoms with Crippen LogP contribution in [0.2, 0.25) is 0 Å². The van der Waals surface area contributed by atoms with Crippen molar-refractivity contribution in [3.05, 3.63) is 264 Å². The summed E-state index contributed by atoms with van der Waals surface area (Å²) < 4.78 is 2.42. The molecule has 0 amide bonds. The highest BCUT2D eigenvalue weighted by Gasteiger charge is 2.41. The zero-order valence-electron chi connectivity index (χ0n) is 39.6. The van der Waals surface area contributed by atoms with Crippen LogP contribution in [0.15, 0.2) is 231 Å². The van der Waals surface area contributed by atoms with Gasteiger partial charge in [-0.15, -0.1) is 22.7 Å². The van der Waals surface area contributed by atoms with Gasteiger partial charge in [0, 0.05) is 43.5 Å². The van der Waals surface area contributed by atoms with Crippen LogP contribution in [0.3, 0.4) is 0 Å². The van der Waals surface area contributed by atoms with E-state index >= 15 is 0 Å². The van der Waals surface area contributed by atoms with E-state index in [0.717, 1.165) is 43.1 Å². The first kappa shape index (κ1) is 42.6. The van der Waals surface area contributed by atoms with Crippen LogP contribution in [-0.2, 0) is 0 Å². The summed E-state index contributed by atoms with van der Waals surface area (Å²) in [5.74, 6) is 4.25. The Balaban J connectivity index is 0.748. The smallest absolute Gasteiger partial charge is 0.174 e. The quantitative estimate of drug-likeness (QED) is 0.151. The number of hydrogen-bond acceptors (Lipinski definition) is 8. The van der Waals surface area contributed by atoms with Crippen molar-refractivity contribution >= 4 is 42.8 Å². The Morgan fingerprint density at radius 1 is 0.230 bits per heavy atom. The molecule has 3 aliphatic carbocycles. The summed E-state index contributed by atoms with van der Waals surface area (Å²) in [6.07, 6.45) is 0. The minimum Gasteiger partial charge on any atom is -0.208 e. The average Bonchev–Trinajstić information content (AvgIpc) is 4.13. The maximum absolute atomic E-state index is 5.08. The number of fused-ring (bicyclic) bond motifs is 2. The zero-order chi connectivity index (χ0) is 48.7. The second-order valence-electron chi connectivity index (χ2n) is 19.0. The van der Waals surface area contributed by atoms with E-state index in [9.17, 15) is 0 Å². The van der Waals surface area contributed by atoms with Gasteiger partial charge in [0.05, 0.1) is 9.75 Å². The molecule has 13 aromatic rings. The monoisotopic (exact) mass is 980 g/mol. The van der Waals surface area contributed by atoms with Crippen molar-refractivity contribution < 1.29 is 0 Å². The fraction of sp³-hybridized carbons (Fsp3) is 0.0303. The van der Waals surface area contributed by atoms with Crippen LogP contribution in [-0.4, -0.2) is 29.9 Å². The minimum absolute atomic E-state index is 0.128. The van der Waals surface area contributed by atoms with Gasteiger partial charge in [-0.3, -0.25) is 0 Å². The molecule has 6 nitrogen and oxygen atoms in total. The first-order valence-corrected chi connectivity index (χ1v) is 26.4. The van der Waals surface area contributed by atoms with E-state index in [1.807, 2.05) is 36.4 Å². The number of hydrogen-bond donors (Lipinski definition) is 0. The Morgan fingerprint density at radius 2 is 0.541 bits per heavy atom. The molecule has 0 fully saturated rings. The highest BCUT2D eigenvalue weighted by Crippen LogP contribution is 2.57. The van der Waals surface area contributed by atoms with Crippen molar-refractivity contribution in [2.75, 3.05) is 0 Å². The summed E-state index contributed by atoms with van der Waals surface area (Å²) in [5, 5.41) is 2.37. The standard InChI is InChI=1S/C66H40N6S2/c1-3-13-41(14-4-1)61-67-63(71-65(69-61)57-37-47-17-7-11-21-55(47)73-57)43-27-23-39(24-28-43)45-31-33-51-53(35-45)59-49-19-9-10-20-50(49)60(51)54-36-46(32-34-52(54)59)40-25-29-44(30-26-40)64-68-62(42-15-5-2-6-16-42)70-66(72-64)58-38-48-18-8-12-22-56(48)74-58/h1-38,59-60H. The predicted molar refractivity (Wildman–Crippen MR) is 302 cm³/mol. The van der Waals surface area contributed by atoms with Crippen molar-refractivity contribution in [2.24, 2.45) is 0 Å². The molecule has 346 valence electrons. The van der Waals surface area contributed by atoms with Gasteiger partial charge < -0.3 is 0 Å². The lowest BCUT2D eigenvalue weighted by molar-refractivity contribution is 0.755. The third kappa shape index (κ3) is 7.29.